The standard InChI is InChI=1S/C16H16ClN3O/c1-2-13(10-3-5-11(17)6-4-10)18-12-7-8-14-15(9-12)20-16(21)19-14/h3-9,13,18H,2H2,1H3,(H2,19,20,21). The molecule has 5 heteroatoms. The summed E-state index contributed by atoms with van der Waals surface area (Å²) in [6.07, 6.45) is 0.948. The Morgan fingerprint density at radius 3 is 2.52 bits per heavy atom. The molecule has 0 saturated heterocycles. The summed E-state index contributed by atoms with van der Waals surface area (Å²) < 4.78 is 0. The van der Waals surface area contributed by atoms with Gasteiger partial charge in [0.2, 0.25) is 0 Å². The van der Waals surface area contributed by atoms with Crippen LogP contribution in [0.1, 0.15) is 24.9 Å². The number of benzene rings is 2. The van der Waals surface area contributed by atoms with Crippen LogP contribution in [0.2, 0.25) is 5.02 Å². The van der Waals surface area contributed by atoms with Crippen LogP contribution in [0, 0.1) is 0 Å². The summed E-state index contributed by atoms with van der Waals surface area (Å²) in [5, 5.41) is 4.22. The summed E-state index contributed by atoms with van der Waals surface area (Å²) in [4.78, 5) is 16.8. The Morgan fingerprint density at radius 2 is 1.81 bits per heavy atom. The van der Waals surface area contributed by atoms with E-state index in [4.69, 9.17) is 11.6 Å². The Kier molecular flexibility index (Phi) is 3.71. The van der Waals surface area contributed by atoms with E-state index < -0.39 is 0 Å². The van der Waals surface area contributed by atoms with Gasteiger partial charge in [0, 0.05) is 10.7 Å². The summed E-state index contributed by atoms with van der Waals surface area (Å²) in [5.74, 6) is 0. The van der Waals surface area contributed by atoms with Crippen LogP contribution in [0.5, 0.6) is 0 Å². The maximum Gasteiger partial charge on any atom is 0.323 e. The van der Waals surface area contributed by atoms with Gasteiger partial charge in [-0.2, -0.15) is 0 Å². The van der Waals surface area contributed by atoms with E-state index in [1.54, 1.807) is 0 Å². The zero-order chi connectivity index (χ0) is 14.8. The van der Waals surface area contributed by atoms with Crippen molar-refractivity contribution in [1.82, 2.24) is 9.97 Å². The summed E-state index contributed by atoms with van der Waals surface area (Å²) in [6, 6.07) is 13.8. The highest BCUT2D eigenvalue weighted by molar-refractivity contribution is 6.30. The Labute approximate surface area is 127 Å². The minimum atomic E-state index is -0.188. The highest BCUT2D eigenvalue weighted by Gasteiger charge is 2.09. The molecular formula is C16H16ClN3O. The first-order valence-corrected chi connectivity index (χ1v) is 7.27. The van der Waals surface area contributed by atoms with E-state index in [1.165, 1.54) is 5.56 Å². The second-order valence-corrected chi connectivity index (χ2v) is 5.43. The normalized spacial score (nSPS) is 12.5. The first kappa shape index (κ1) is 13.8. The number of imidazole rings is 1. The smallest absolute Gasteiger partial charge is 0.323 e. The second-order valence-electron chi connectivity index (χ2n) is 5.00. The molecule has 108 valence electrons. The molecule has 0 saturated carbocycles. The Morgan fingerprint density at radius 1 is 1.10 bits per heavy atom. The third-order valence-electron chi connectivity index (χ3n) is 3.54. The molecule has 3 rings (SSSR count). The van der Waals surface area contributed by atoms with Crippen molar-refractivity contribution in [3.8, 4) is 0 Å². The molecule has 2 aromatic carbocycles. The number of hydrogen-bond donors (Lipinski definition) is 3. The molecule has 0 fully saturated rings. The topological polar surface area (TPSA) is 60.7 Å². The van der Waals surface area contributed by atoms with Gasteiger partial charge in [-0.05, 0) is 42.3 Å². The fourth-order valence-corrected chi connectivity index (χ4v) is 2.57. The van der Waals surface area contributed by atoms with E-state index in [1.807, 2.05) is 42.5 Å². The fraction of sp³-hybridized carbons (Fsp3) is 0.188. The van der Waals surface area contributed by atoms with E-state index in [9.17, 15) is 4.79 Å². The quantitative estimate of drug-likeness (QED) is 0.680. The number of H-pyrrole nitrogens is 2. The Hall–Kier alpha value is -2.20. The maximum absolute atomic E-state index is 11.3. The van der Waals surface area contributed by atoms with Crippen molar-refractivity contribution in [3.05, 3.63) is 63.5 Å². The summed E-state index contributed by atoms with van der Waals surface area (Å²) in [5.41, 5.74) is 3.58. The van der Waals surface area contributed by atoms with Gasteiger partial charge in [0.05, 0.1) is 17.1 Å². The van der Waals surface area contributed by atoms with Crippen LogP contribution < -0.4 is 11.0 Å². The molecule has 1 atom stereocenters. The first-order valence-electron chi connectivity index (χ1n) is 6.90. The number of rotatable bonds is 4. The van der Waals surface area contributed by atoms with E-state index in [0.717, 1.165) is 28.2 Å². The van der Waals surface area contributed by atoms with Crippen molar-refractivity contribution in [2.75, 3.05) is 5.32 Å². The average molecular weight is 302 g/mol. The molecular weight excluding hydrogens is 286 g/mol. The minimum absolute atomic E-state index is 0.188. The van der Waals surface area contributed by atoms with Gasteiger partial charge in [-0.3, -0.25) is 0 Å². The van der Waals surface area contributed by atoms with Crippen LogP contribution in [0.3, 0.4) is 0 Å². The molecule has 4 nitrogen and oxygen atoms in total. The molecule has 0 spiro atoms. The monoisotopic (exact) mass is 301 g/mol. The number of aromatic amines is 2. The molecule has 1 heterocycles. The average Bonchev–Trinajstić information content (AvgIpc) is 2.85. The van der Waals surface area contributed by atoms with Crippen LogP contribution >= 0.6 is 11.6 Å². The molecule has 0 aliphatic rings. The summed E-state index contributed by atoms with van der Waals surface area (Å²) in [6.45, 7) is 2.13. The predicted molar refractivity (Wildman–Crippen MR) is 87.0 cm³/mol. The highest BCUT2D eigenvalue weighted by atomic mass is 35.5. The third-order valence-corrected chi connectivity index (χ3v) is 3.79. The molecule has 3 aromatic rings. The lowest BCUT2D eigenvalue weighted by molar-refractivity contribution is 0.749. The van der Waals surface area contributed by atoms with Gasteiger partial charge in [0.25, 0.3) is 0 Å². The van der Waals surface area contributed by atoms with Crippen molar-refractivity contribution < 1.29 is 0 Å². The lowest BCUT2D eigenvalue weighted by atomic mass is 10.0. The van der Waals surface area contributed by atoms with Gasteiger partial charge >= 0.3 is 5.69 Å². The fourth-order valence-electron chi connectivity index (χ4n) is 2.44. The third kappa shape index (κ3) is 2.95. The van der Waals surface area contributed by atoms with Crippen molar-refractivity contribution in [3.63, 3.8) is 0 Å². The van der Waals surface area contributed by atoms with Gasteiger partial charge in [0.1, 0.15) is 0 Å². The van der Waals surface area contributed by atoms with Crippen LogP contribution in [0.25, 0.3) is 11.0 Å². The molecule has 0 aliphatic heterocycles. The number of aromatic nitrogens is 2. The van der Waals surface area contributed by atoms with Crippen LogP contribution in [0.4, 0.5) is 5.69 Å². The van der Waals surface area contributed by atoms with Gasteiger partial charge in [-0.15, -0.1) is 0 Å². The van der Waals surface area contributed by atoms with Crippen molar-refractivity contribution in [1.29, 1.82) is 0 Å². The van der Waals surface area contributed by atoms with E-state index in [0.29, 0.717) is 0 Å². The van der Waals surface area contributed by atoms with Gasteiger partial charge in [-0.1, -0.05) is 30.7 Å². The largest absolute Gasteiger partial charge is 0.378 e. The van der Waals surface area contributed by atoms with Gasteiger partial charge in [0.15, 0.2) is 0 Å². The number of halogens is 1. The molecule has 0 aliphatic carbocycles. The van der Waals surface area contributed by atoms with Crippen molar-refractivity contribution >= 4 is 28.3 Å². The Balaban J connectivity index is 1.87. The molecule has 1 aromatic heterocycles. The van der Waals surface area contributed by atoms with E-state index >= 15 is 0 Å². The molecule has 0 bridgehead atoms. The lowest BCUT2D eigenvalue weighted by Crippen LogP contribution is -2.09. The molecule has 0 amide bonds. The number of fused-ring (bicyclic) bond motifs is 1. The number of anilines is 1. The zero-order valence-corrected chi connectivity index (χ0v) is 12.4. The number of hydrogen-bond acceptors (Lipinski definition) is 2. The summed E-state index contributed by atoms with van der Waals surface area (Å²) in [7, 11) is 0. The molecule has 21 heavy (non-hydrogen) atoms. The molecule has 1 unspecified atom stereocenters. The highest BCUT2D eigenvalue weighted by Crippen LogP contribution is 2.25. The van der Waals surface area contributed by atoms with Crippen molar-refractivity contribution in [2.24, 2.45) is 0 Å². The molecule has 3 N–H and O–H groups in total. The first-order chi connectivity index (χ1) is 10.2. The Bertz CT molecular complexity index is 804. The van der Waals surface area contributed by atoms with Gasteiger partial charge < -0.3 is 15.3 Å². The molecule has 0 radical (unpaired) electrons. The van der Waals surface area contributed by atoms with Crippen LogP contribution in [-0.2, 0) is 0 Å². The minimum Gasteiger partial charge on any atom is -0.378 e. The van der Waals surface area contributed by atoms with Gasteiger partial charge in [-0.25, -0.2) is 4.79 Å². The van der Waals surface area contributed by atoms with Crippen molar-refractivity contribution in [2.45, 2.75) is 19.4 Å². The predicted octanol–water partition coefficient (Wildman–Crippen LogP) is 4.07. The van der Waals surface area contributed by atoms with Crippen LogP contribution in [-0.4, -0.2) is 9.97 Å². The number of nitrogens with one attached hydrogen (secondary N) is 3. The summed E-state index contributed by atoms with van der Waals surface area (Å²) >= 11 is 5.93. The zero-order valence-electron chi connectivity index (χ0n) is 11.6. The van der Waals surface area contributed by atoms with E-state index in [-0.39, 0.29) is 11.7 Å². The maximum atomic E-state index is 11.3. The second kappa shape index (κ2) is 5.66. The van der Waals surface area contributed by atoms with Crippen LogP contribution in [0.15, 0.2) is 47.3 Å². The lowest BCUT2D eigenvalue weighted by Gasteiger charge is -2.19. The van der Waals surface area contributed by atoms with E-state index in [2.05, 4.69) is 22.2 Å². The SMILES string of the molecule is CCC(Nc1ccc2[nH]c(=O)[nH]c2c1)c1ccc(Cl)cc1.